The van der Waals surface area contributed by atoms with Gasteiger partial charge in [-0.3, -0.25) is 0 Å². The molecule has 19 heavy (non-hydrogen) atoms. The Hall–Kier alpha value is -1.67. The second-order valence-electron chi connectivity index (χ2n) is 5.31. The molecule has 1 unspecified atom stereocenters. The van der Waals surface area contributed by atoms with Crippen molar-refractivity contribution in [1.82, 2.24) is 0 Å². The molecule has 0 aromatic heterocycles. The molecule has 0 bridgehead atoms. The van der Waals surface area contributed by atoms with Gasteiger partial charge in [0.15, 0.2) is 0 Å². The Bertz CT molecular complexity index is 593. The topological polar surface area (TPSA) is 20.2 Å². The molecule has 2 heteroatoms. The first kappa shape index (κ1) is 12.4. The Kier molecular flexibility index (Phi) is 3.11. The average molecular weight is 256 g/mol. The zero-order valence-electron chi connectivity index (χ0n) is 10.8. The third-order valence-electron chi connectivity index (χ3n) is 4.00. The van der Waals surface area contributed by atoms with Crippen LogP contribution in [0.3, 0.4) is 0 Å². The van der Waals surface area contributed by atoms with E-state index < -0.39 is 5.60 Å². The van der Waals surface area contributed by atoms with Crippen LogP contribution in [0.2, 0.25) is 0 Å². The van der Waals surface area contributed by atoms with Crippen molar-refractivity contribution in [2.75, 3.05) is 0 Å². The summed E-state index contributed by atoms with van der Waals surface area (Å²) in [6.45, 7) is 0. The van der Waals surface area contributed by atoms with Gasteiger partial charge in [0.05, 0.1) is 5.60 Å². The second kappa shape index (κ2) is 4.78. The highest BCUT2D eigenvalue weighted by atomic mass is 19.1. The lowest BCUT2D eigenvalue weighted by Crippen LogP contribution is -2.33. The van der Waals surface area contributed by atoms with Gasteiger partial charge in [-0.05, 0) is 42.0 Å². The van der Waals surface area contributed by atoms with Crippen LogP contribution in [0.4, 0.5) is 4.39 Å². The molecule has 2 aromatic rings. The van der Waals surface area contributed by atoms with Gasteiger partial charge in [0.25, 0.3) is 0 Å². The van der Waals surface area contributed by atoms with Crippen molar-refractivity contribution in [1.29, 1.82) is 0 Å². The predicted molar refractivity (Wildman–Crippen MR) is 73.4 cm³/mol. The largest absolute Gasteiger partial charge is 0.385 e. The van der Waals surface area contributed by atoms with E-state index in [1.807, 2.05) is 24.3 Å². The lowest BCUT2D eigenvalue weighted by Gasteiger charge is -2.34. The number of rotatable bonds is 2. The molecule has 0 saturated heterocycles. The van der Waals surface area contributed by atoms with Crippen LogP contribution in [-0.2, 0) is 18.4 Å². The number of benzene rings is 2. The van der Waals surface area contributed by atoms with Crippen molar-refractivity contribution < 1.29 is 9.50 Å². The van der Waals surface area contributed by atoms with Gasteiger partial charge in [-0.25, -0.2) is 4.39 Å². The van der Waals surface area contributed by atoms with Gasteiger partial charge in [-0.1, -0.05) is 42.5 Å². The SMILES string of the molecule is OC1(Cc2ccccc2F)CCCc2ccccc21. The number of hydrogen-bond acceptors (Lipinski definition) is 1. The van der Waals surface area contributed by atoms with Crippen molar-refractivity contribution in [2.45, 2.75) is 31.3 Å². The summed E-state index contributed by atoms with van der Waals surface area (Å²) in [6.07, 6.45) is 2.98. The van der Waals surface area contributed by atoms with Crippen molar-refractivity contribution in [3.63, 3.8) is 0 Å². The van der Waals surface area contributed by atoms with Crippen LogP contribution in [0.5, 0.6) is 0 Å². The molecule has 0 radical (unpaired) electrons. The Morgan fingerprint density at radius 2 is 1.79 bits per heavy atom. The summed E-state index contributed by atoms with van der Waals surface area (Å²) in [4.78, 5) is 0. The molecular weight excluding hydrogens is 239 g/mol. The van der Waals surface area contributed by atoms with Crippen LogP contribution in [0, 0.1) is 5.82 Å². The first-order valence-electron chi connectivity index (χ1n) is 6.73. The maximum Gasteiger partial charge on any atom is 0.126 e. The van der Waals surface area contributed by atoms with E-state index in [1.165, 1.54) is 11.6 Å². The van der Waals surface area contributed by atoms with Crippen molar-refractivity contribution in [3.8, 4) is 0 Å². The van der Waals surface area contributed by atoms with Gasteiger partial charge in [-0.15, -0.1) is 0 Å². The second-order valence-corrected chi connectivity index (χ2v) is 5.31. The summed E-state index contributed by atoms with van der Waals surface area (Å²) in [6, 6.07) is 14.7. The maximum absolute atomic E-state index is 13.8. The lowest BCUT2D eigenvalue weighted by atomic mass is 9.76. The van der Waals surface area contributed by atoms with E-state index in [0.717, 1.165) is 18.4 Å². The van der Waals surface area contributed by atoms with E-state index in [-0.39, 0.29) is 5.82 Å². The fraction of sp³-hybridized carbons (Fsp3) is 0.294. The van der Waals surface area contributed by atoms with Crippen molar-refractivity contribution >= 4 is 0 Å². The maximum atomic E-state index is 13.8. The highest BCUT2D eigenvalue weighted by molar-refractivity contribution is 5.36. The van der Waals surface area contributed by atoms with Crippen molar-refractivity contribution in [3.05, 3.63) is 71.0 Å². The molecule has 1 aliphatic rings. The molecule has 0 fully saturated rings. The van der Waals surface area contributed by atoms with E-state index in [9.17, 15) is 9.50 Å². The Morgan fingerprint density at radius 3 is 2.63 bits per heavy atom. The molecule has 1 atom stereocenters. The summed E-state index contributed by atoms with van der Waals surface area (Å²) >= 11 is 0. The van der Waals surface area contributed by atoms with Gasteiger partial charge < -0.3 is 5.11 Å². The third-order valence-corrected chi connectivity index (χ3v) is 4.00. The van der Waals surface area contributed by atoms with E-state index >= 15 is 0 Å². The highest BCUT2D eigenvalue weighted by Gasteiger charge is 2.34. The molecule has 0 saturated carbocycles. The minimum atomic E-state index is -0.933. The smallest absolute Gasteiger partial charge is 0.126 e. The summed E-state index contributed by atoms with van der Waals surface area (Å²) in [5.74, 6) is -0.237. The molecule has 0 amide bonds. The minimum absolute atomic E-state index is 0.237. The van der Waals surface area contributed by atoms with Crippen LogP contribution in [0.25, 0.3) is 0 Å². The van der Waals surface area contributed by atoms with E-state index in [0.29, 0.717) is 18.4 Å². The molecule has 0 heterocycles. The molecule has 1 aliphatic carbocycles. The van der Waals surface area contributed by atoms with Gasteiger partial charge in [0.1, 0.15) is 5.82 Å². The molecule has 2 aromatic carbocycles. The molecule has 0 spiro atoms. The monoisotopic (exact) mass is 256 g/mol. The molecule has 1 N–H and O–H groups in total. The first-order chi connectivity index (χ1) is 9.19. The Morgan fingerprint density at radius 1 is 1.05 bits per heavy atom. The standard InChI is InChI=1S/C17H17FO/c18-16-10-4-2-7-14(16)12-17(19)11-5-8-13-6-1-3-9-15(13)17/h1-4,6-7,9-10,19H,5,8,11-12H2. The quantitative estimate of drug-likeness (QED) is 0.870. The summed E-state index contributed by atoms with van der Waals surface area (Å²) < 4.78 is 13.8. The molecule has 98 valence electrons. The summed E-state index contributed by atoms with van der Waals surface area (Å²) in [5.41, 5.74) is 1.80. The van der Waals surface area contributed by atoms with Gasteiger partial charge in [0.2, 0.25) is 0 Å². The normalized spacial score (nSPS) is 22.0. The number of fused-ring (bicyclic) bond motifs is 1. The van der Waals surface area contributed by atoms with E-state index in [2.05, 4.69) is 6.07 Å². The van der Waals surface area contributed by atoms with Gasteiger partial charge in [-0.2, -0.15) is 0 Å². The highest BCUT2D eigenvalue weighted by Crippen LogP contribution is 2.38. The predicted octanol–water partition coefficient (Wildman–Crippen LogP) is 3.59. The Balaban J connectivity index is 1.99. The van der Waals surface area contributed by atoms with Crippen LogP contribution < -0.4 is 0 Å². The van der Waals surface area contributed by atoms with Gasteiger partial charge in [0, 0.05) is 6.42 Å². The molecule has 3 rings (SSSR count). The number of aliphatic hydroxyl groups is 1. The van der Waals surface area contributed by atoms with Crippen molar-refractivity contribution in [2.24, 2.45) is 0 Å². The zero-order valence-corrected chi connectivity index (χ0v) is 10.8. The number of aryl methyl sites for hydroxylation is 1. The molecule has 0 aliphatic heterocycles. The third kappa shape index (κ3) is 2.28. The molecule has 1 nitrogen and oxygen atoms in total. The fourth-order valence-corrected chi connectivity index (χ4v) is 3.04. The van der Waals surface area contributed by atoms with Crippen LogP contribution in [0.1, 0.15) is 29.5 Å². The Labute approximate surface area is 112 Å². The van der Waals surface area contributed by atoms with Crippen LogP contribution in [-0.4, -0.2) is 5.11 Å². The zero-order chi connectivity index (χ0) is 13.3. The first-order valence-corrected chi connectivity index (χ1v) is 6.73. The average Bonchev–Trinajstić information content (AvgIpc) is 2.42. The van der Waals surface area contributed by atoms with Crippen LogP contribution >= 0.6 is 0 Å². The number of halogens is 1. The summed E-state index contributed by atoms with van der Waals surface area (Å²) in [5, 5.41) is 10.9. The van der Waals surface area contributed by atoms with Gasteiger partial charge >= 0.3 is 0 Å². The van der Waals surface area contributed by atoms with E-state index in [4.69, 9.17) is 0 Å². The summed E-state index contributed by atoms with van der Waals surface area (Å²) in [7, 11) is 0. The minimum Gasteiger partial charge on any atom is -0.385 e. The fourth-order valence-electron chi connectivity index (χ4n) is 3.04. The van der Waals surface area contributed by atoms with Crippen LogP contribution in [0.15, 0.2) is 48.5 Å². The molecular formula is C17H17FO. The lowest BCUT2D eigenvalue weighted by molar-refractivity contribution is 0.0182. The number of hydrogen-bond donors (Lipinski definition) is 1. The van der Waals surface area contributed by atoms with E-state index in [1.54, 1.807) is 12.1 Å².